The Labute approximate surface area is 468 Å². The molecule has 1 aliphatic heterocycles. The van der Waals surface area contributed by atoms with Gasteiger partial charge in [-0.2, -0.15) is 0 Å². The molecule has 0 radical (unpaired) electrons. The zero-order chi connectivity index (χ0) is 54.5. The van der Waals surface area contributed by atoms with E-state index in [0.29, 0.717) is 64.1 Å². The zero-order valence-corrected chi connectivity index (χ0v) is 46.8. The second kappa shape index (κ2) is 30.8. The number of carbonyl (C=O) groups is 5. The molecule has 1 saturated carbocycles. The largest absolute Gasteiger partial charge is 0.508 e. The van der Waals surface area contributed by atoms with Crippen molar-refractivity contribution in [2.24, 2.45) is 5.92 Å². The number of carbonyl (C=O) groups excluding carboxylic acids is 5. The van der Waals surface area contributed by atoms with Gasteiger partial charge in [0.2, 0.25) is 29.5 Å². The van der Waals surface area contributed by atoms with E-state index in [1.807, 2.05) is 103 Å². The molecule has 1 saturated heterocycles. The highest BCUT2D eigenvalue weighted by Gasteiger charge is 2.43. The van der Waals surface area contributed by atoms with Crippen LogP contribution >= 0.6 is 12.4 Å². The lowest BCUT2D eigenvalue weighted by atomic mass is 9.83. The number of nitrogens with zero attached hydrogens (tertiary/aromatic N) is 2. The lowest BCUT2D eigenvalue weighted by Gasteiger charge is -2.36. The van der Waals surface area contributed by atoms with Gasteiger partial charge >= 0.3 is 0 Å². The van der Waals surface area contributed by atoms with Crippen LogP contribution in [0.5, 0.6) is 11.5 Å². The molecule has 0 bridgehead atoms. The zero-order valence-electron chi connectivity index (χ0n) is 46.0. The Kier molecular flexibility index (Phi) is 23.8. The standard InChI is InChI=1S/C64H80N6O7.ClH/c1-5-54(46-23-12-8-13-24-46)57(49-33-37-52(71)38-34-49)50-35-39-53(40-36-50)77-44-43-69(4)56(72)32-20-6-7-21-41-66-63(75)60(58(47-25-14-9-15-26-47)48-27-16-10-17-28-48)68-62(74)55-31-22-42-70(55)64(76)59(51-29-18-11-19-30-51)67-61(73)45(2)65-3;/h8-10,12-17,23-28,33-40,45,51,55,58-60,65,71H,5-7,11,18-22,29-32,41-44H2,1-4H3,(H,66,75)(H,67,73)(H,68,74);1H/b57-54-;/t45-,55+,59-,60-;/m0./s1. The predicted octanol–water partition coefficient (Wildman–Crippen LogP) is 10.1. The van der Waals surface area contributed by atoms with Crippen molar-refractivity contribution in [1.82, 2.24) is 31.1 Å². The average molecular weight is 1080 g/mol. The molecule has 1 heterocycles. The van der Waals surface area contributed by atoms with Crippen molar-refractivity contribution in [2.75, 3.05) is 40.3 Å². The van der Waals surface area contributed by atoms with E-state index in [1.54, 1.807) is 43.0 Å². The summed E-state index contributed by atoms with van der Waals surface area (Å²) in [6.07, 6.45) is 10.0. The molecular weight excluding hydrogens is 1000 g/mol. The van der Waals surface area contributed by atoms with Crippen LogP contribution in [0, 0.1) is 5.92 Å². The number of unbranched alkanes of at least 4 members (excludes halogenated alkanes) is 3. The molecule has 0 spiro atoms. The fourth-order valence-corrected chi connectivity index (χ4v) is 10.9. The summed E-state index contributed by atoms with van der Waals surface area (Å²) in [6, 6.07) is 42.1. The molecule has 5 aromatic rings. The van der Waals surface area contributed by atoms with Crippen molar-refractivity contribution in [2.45, 2.75) is 127 Å². The lowest BCUT2D eigenvalue weighted by molar-refractivity contribution is -0.143. The normalized spacial score (nSPS) is 16.0. The fraction of sp³-hybridized carbons (Fsp3) is 0.422. The van der Waals surface area contributed by atoms with Gasteiger partial charge in [0, 0.05) is 32.5 Å². The summed E-state index contributed by atoms with van der Waals surface area (Å²) in [5.41, 5.74) is 7.22. The minimum absolute atomic E-state index is 0. The number of hydrogen-bond donors (Lipinski definition) is 5. The van der Waals surface area contributed by atoms with Crippen molar-refractivity contribution in [1.29, 1.82) is 0 Å². The van der Waals surface area contributed by atoms with Gasteiger partial charge in [-0.25, -0.2) is 0 Å². The molecule has 1 aliphatic carbocycles. The van der Waals surface area contributed by atoms with E-state index in [-0.39, 0.29) is 53.6 Å². The molecule has 2 aliphatic rings. The first kappa shape index (κ1) is 60.3. The third-order valence-electron chi connectivity index (χ3n) is 15.4. The monoisotopic (exact) mass is 1080 g/mol. The number of amides is 5. The third-order valence-corrected chi connectivity index (χ3v) is 15.4. The molecule has 13 nitrogen and oxygen atoms in total. The molecule has 78 heavy (non-hydrogen) atoms. The third kappa shape index (κ3) is 16.5. The summed E-state index contributed by atoms with van der Waals surface area (Å²) >= 11 is 0. The smallest absolute Gasteiger partial charge is 0.246 e. The van der Waals surface area contributed by atoms with E-state index in [0.717, 1.165) is 84.8 Å². The molecule has 7 rings (SSSR count). The number of likely N-dealkylation sites (N-methyl/N-ethyl adjacent to an activating group) is 2. The molecule has 0 unspecified atom stereocenters. The van der Waals surface area contributed by atoms with Gasteiger partial charge in [-0.05, 0) is 128 Å². The van der Waals surface area contributed by atoms with Gasteiger partial charge in [0.15, 0.2) is 0 Å². The van der Waals surface area contributed by atoms with Gasteiger partial charge in [-0.3, -0.25) is 24.0 Å². The second-order valence-electron chi connectivity index (χ2n) is 20.6. The maximum absolute atomic E-state index is 14.6. The van der Waals surface area contributed by atoms with Crippen LogP contribution in [0.15, 0.2) is 140 Å². The Balaban J connectivity index is 0.00000984. The van der Waals surface area contributed by atoms with E-state index in [9.17, 15) is 29.1 Å². The van der Waals surface area contributed by atoms with Crippen molar-refractivity contribution in [3.63, 3.8) is 0 Å². The summed E-state index contributed by atoms with van der Waals surface area (Å²) in [6.45, 7) is 5.47. The second-order valence-corrected chi connectivity index (χ2v) is 20.6. The number of allylic oxidation sites excluding steroid dienone is 1. The summed E-state index contributed by atoms with van der Waals surface area (Å²) in [7, 11) is 3.51. The van der Waals surface area contributed by atoms with Crippen LogP contribution in [0.25, 0.3) is 11.1 Å². The van der Waals surface area contributed by atoms with Gasteiger partial charge < -0.3 is 40.9 Å². The van der Waals surface area contributed by atoms with Crippen molar-refractivity contribution < 1.29 is 33.8 Å². The summed E-state index contributed by atoms with van der Waals surface area (Å²) in [4.78, 5) is 73.4. The highest BCUT2D eigenvalue weighted by Crippen LogP contribution is 2.36. The van der Waals surface area contributed by atoms with Crippen LogP contribution in [0.3, 0.4) is 0 Å². The molecule has 4 atom stereocenters. The molecular formula is C64H81ClN6O7. The highest BCUT2D eigenvalue weighted by atomic mass is 35.5. The van der Waals surface area contributed by atoms with Crippen LogP contribution in [0.1, 0.15) is 131 Å². The predicted molar refractivity (Wildman–Crippen MR) is 312 cm³/mol. The molecule has 14 heteroatoms. The Morgan fingerprint density at radius 1 is 0.692 bits per heavy atom. The van der Waals surface area contributed by atoms with Crippen molar-refractivity contribution in [3.05, 3.63) is 167 Å². The van der Waals surface area contributed by atoms with E-state index >= 15 is 0 Å². The maximum Gasteiger partial charge on any atom is 0.246 e. The number of ether oxygens (including phenoxy) is 1. The van der Waals surface area contributed by atoms with Gasteiger partial charge in [-0.15, -0.1) is 12.4 Å². The average Bonchev–Trinajstić information content (AvgIpc) is 4.00. The van der Waals surface area contributed by atoms with Crippen LogP contribution < -0.4 is 26.0 Å². The van der Waals surface area contributed by atoms with Gasteiger partial charge in [-0.1, -0.05) is 154 Å². The quantitative estimate of drug-likeness (QED) is 0.0269. The minimum atomic E-state index is -0.993. The Bertz CT molecular complexity index is 2660. The first-order valence-electron chi connectivity index (χ1n) is 28.0. The number of rotatable bonds is 26. The van der Waals surface area contributed by atoms with Crippen LogP contribution in [0.2, 0.25) is 0 Å². The Morgan fingerprint density at radius 2 is 1.28 bits per heavy atom. The highest BCUT2D eigenvalue weighted by molar-refractivity contribution is 5.99. The number of phenolic OH excluding ortho intramolecular Hbond substituents is 1. The van der Waals surface area contributed by atoms with Gasteiger partial charge in [0.1, 0.15) is 36.2 Å². The van der Waals surface area contributed by atoms with Crippen LogP contribution in [0.4, 0.5) is 0 Å². The topological polar surface area (TPSA) is 169 Å². The Morgan fingerprint density at radius 3 is 1.88 bits per heavy atom. The molecule has 5 aromatic carbocycles. The fourth-order valence-electron chi connectivity index (χ4n) is 10.9. The molecule has 416 valence electrons. The van der Waals surface area contributed by atoms with Gasteiger partial charge in [0.25, 0.3) is 0 Å². The van der Waals surface area contributed by atoms with E-state index in [1.165, 1.54) is 5.57 Å². The lowest BCUT2D eigenvalue weighted by Crippen LogP contribution is -2.59. The molecule has 5 amide bonds. The number of likely N-dealkylation sites (tertiary alicyclic amines) is 1. The first-order chi connectivity index (χ1) is 37.5. The van der Waals surface area contributed by atoms with Crippen molar-refractivity contribution >= 4 is 53.1 Å². The van der Waals surface area contributed by atoms with E-state index in [2.05, 4.69) is 52.5 Å². The summed E-state index contributed by atoms with van der Waals surface area (Å²) in [5.74, 6) is -0.768. The van der Waals surface area contributed by atoms with Crippen LogP contribution in [-0.2, 0) is 24.0 Å². The SMILES string of the molecule is CC/C(=C(\c1ccc(O)cc1)c1ccc(OCCN(C)C(=O)CCCCCCNC(=O)[C@@H](NC(=O)[C@H]2CCCN2C(=O)[C@@H](NC(=O)[C@H](C)NC)C2CCCCC2)C(c2ccccc2)c2ccccc2)cc1)c1ccccc1.Cl. The number of aromatic hydroxyl groups is 1. The van der Waals surface area contributed by atoms with E-state index < -0.39 is 30.1 Å². The minimum Gasteiger partial charge on any atom is -0.508 e. The number of benzene rings is 5. The molecule has 2 fully saturated rings. The summed E-state index contributed by atoms with van der Waals surface area (Å²) in [5, 5.41) is 22.3. The van der Waals surface area contributed by atoms with E-state index in [4.69, 9.17) is 4.74 Å². The number of hydrogen-bond acceptors (Lipinski definition) is 8. The Hall–Kier alpha value is -6.96. The number of phenols is 1. The van der Waals surface area contributed by atoms with Gasteiger partial charge in [0.05, 0.1) is 12.6 Å². The van der Waals surface area contributed by atoms with Crippen molar-refractivity contribution in [3.8, 4) is 11.5 Å². The number of halogens is 1. The molecule has 5 N–H and O–H groups in total. The molecule has 0 aromatic heterocycles. The summed E-state index contributed by atoms with van der Waals surface area (Å²) < 4.78 is 6.11. The van der Waals surface area contributed by atoms with Crippen LogP contribution in [-0.4, -0.2) is 109 Å². The maximum atomic E-state index is 14.6. The first-order valence-corrected chi connectivity index (χ1v) is 28.0. The number of nitrogens with one attached hydrogen (secondary N) is 4.